The Hall–Kier alpha value is -1.28. The van der Waals surface area contributed by atoms with Crippen molar-refractivity contribution in [3.63, 3.8) is 0 Å². The standard InChI is InChI=1S/C6H3F7O2/c7-4(8,2-1-3(14)15)5(9,10)6(11,12)13/h1-2H,(H,14,15)/p-1/b2-1+. The van der Waals surface area contributed by atoms with E-state index in [1.165, 1.54) is 0 Å². The smallest absolute Gasteiger partial charge is 0.460 e. The summed E-state index contributed by atoms with van der Waals surface area (Å²) in [5.74, 6) is -14.3. The number of rotatable bonds is 3. The van der Waals surface area contributed by atoms with E-state index in [1.54, 1.807) is 0 Å². The second kappa shape index (κ2) is 3.70. The maximum atomic E-state index is 12.2. The Morgan fingerprint density at radius 2 is 1.40 bits per heavy atom. The molecule has 0 aromatic carbocycles. The van der Waals surface area contributed by atoms with E-state index in [0.717, 1.165) is 0 Å². The van der Waals surface area contributed by atoms with Crippen LogP contribution in [0.5, 0.6) is 0 Å². The van der Waals surface area contributed by atoms with Crippen LogP contribution in [-0.4, -0.2) is 24.0 Å². The number of aliphatic carboxylic acids is 1. The summed E-state index contributed by atoms with van der Waals surface area (Å²) in [5, 5.41) is 9.57. The van der Waals surface area contributed by atoms with Crippen LogP contribution in [0.4, 0.5) is 30.7 Å². The van der Waals surface area contributed by atoms with Gasteiger partial charge in [-0.3, -0.25) is 0 Å². The van der Waals surface area contributed by atoms with E-state index in [4.69, 9.17) is 0 Å². The third kappa shape index (κ3) is 2.83. The molecule has 0 aromatic heterocycles. The Kier molecular flexibility index (Phi) is 3.39. The molecule has 0 saturated carbocycles. The van der Waals surface area contributed by atoms with E-state index in [2.05, 4.69) is 0 Å². The summed E-state index contributed by atoms with van der Waals surface area (Å²) in [6, 6.07) is 0. The molecule has 0 aliphatic carbocycles. The number of carbonyl (C=O) groups is 1. The topological polar surface area (TPSA) is 40.1 Å². The molecule has 0 saturated heterocycles. The average Bonchev–Trinajstić information content (AvgIpc) is 1.98. The van der Waals surface area contributed by atoms with Crippen LogP contribution in [0, 0.1) is 0 Å². The van der Waals surface area contributed by atoms with Crippen molar-refractivity contribution >= 4 is 5.97 Å². The molecule has 0 fully saturated rings. The highest BCUT2D eigenvalue weighted by Crippen LogP contribution is 2.46. The van der Waals surface area contributed by atoms with Gasteiger partial charge in [-0.1, -0.05) is 0 Å². The zero-order valence-electron chi connectivity index (χ0n) is 6.62. The van der Waals surface area contributed by atoms with Gasteiger partial charge in [0.05, 0.1) is 5.97 Å². The molecular formula is C6H2F7O2-. The Morgan fingerprint density at radius 3 is 1.67 bits per heavy atom. The summed E-state index contributed by atoms with van der Waals surface area (Å²) in [7, 11) is 0. The largest absolute Gasteiger partial charge is 0.545 e. The highest BCUT2D eigenvalue weighted by atomic mass is 19.4. The highest BCUT2D eigenvalue weighted by molar-refractivity contribution is 5.77. The van der Waals surface area contributed by atoms with Crippen molar-refractivity contribution in [1.29, 1.82) is 0 Å². The van der Waals surface area contributed by atoms with Crippen LogP contribution in [0.2, 0.25) is 0 Å². The minimum atomic E-state index is -6.48. The van der Waals surface area contributed by atoms with E-state index in [1.807, 2.05) is 0 Å². The third-order valence-electron chi connectivity index (χ3n) is 1.20. The fourth-order valence-corrected chi connectivity index (χ4v) is 0.466. The maximum absolute atomic E-state index is 12.2. The first kappa shape index (κ1) is 13.7. The molecule has 0 spiro atoms. The molecule has 0 aromatic rings. The fraction of sp³-hybridized carbons (Fsp3) is 0.500. The number of carboxylic acid groups (broad SMARTS) is 1. The maximum Gasteiger partial charge on any atom is 0.460 e. The molecule has 0 rings (SSSR count). The number of alkyl halides is 7. The zero-order chi connectivity index (χ0) is 12.5. The van der Waals surface area contributed by atoms with Gasteiger partial charge >= 0.3 is 18.0 Å². The number of carbonyl (C=O) groups excluding carboxylic acids is 1. The molecule has 0 amide bonds. The van der Waals surface area contributed by atoms with Crippen molar-refractivity contribution in [2.75, 3.05) is 0 Å². The van der Waals surface area contributed by atoms with E-state index in [9.17, 15) is 40.6 Å². The van der Waals surface area contributed by atoms with Crippen molar-refractivity contribution in [2.45, 2.75) is 18.0 Å². The van der Waals surface area contributed by atoms with Gasteiger partial charge in [-0.2, -0.15) is 30.7 Å². The van der Waals surface area contributed by atoms with E-state index < -0.39 is 36.1 Å². The number of hydrogen-bond donors (Lipinski definition) is 0. The predicted molar refractivity (Wildman–Crippen MR) is 30.1 cm³/mol. The van der Waals surface area contributed by atoms with Crippen molar-refractivity contribution in [2.24, 2.45) is 0 Å². The van der Waals surface area contributed by atoms with Crippen LogP contribution in [0.1, 0.15) is 0 Å². The lowest BCUT2D eigenvalue weighted by atomic mass is 10.1. The van der Waals surface area contributed by atoms with Gasteiger partial charge in [0.1, 0.15) is 0 Å². The Morgan fingerprint density at radius 1 is 1.00 bits per heavy atom. The van der Waals surface area contributed by atoms with Crippen LogP contribution in [0.3, 0.4) is 0 Å². The molecule has 0 radical (unpaired) electrons. The van der Waals surface area contributed by atoms with Gasteiger partial charge in [0.2, 0.25) is 0 Å². The predicted octanol–water partition coefficient (Wildman–Crippen LogP) is 1.13. The Labute approximate surface area is 78.0 Å². The van der Waals surface area contributed by atoms with Gasteiger partial charge in [-0.05, 0) is 12.2 Å². The molecule has 0 aliphatic heterocycles. The summed E-state index contributed by atoms with van der Waals surface area (Å²) in [4.78, 5) is 9.57. The van der Waals surface area contributed by atoms with E-state index >= 15 is 0 Å². The van der Waals surface area contributed by atoms with Gasteiger partial charge in [-0.15, -0.1) is 0 Å². The lowest BCUT2D eigenvalue weighted by Gasteiger charge is -2.25. The number of hydrogen-bond acceptors (Lipinski definition) is 2. The Balaban J connectivity index is 5.10. The number of allylic oxidation sites excluding steroid dienone is 1. The molecule has 0 N–H and O–H groups in total. The molecular weight excluding hydrogens is 237 g/mol. The van der Waals surface area contributed by atoms with Crippen molar-refractivity contribution in [1.82, 2.24) is 0 Å². The Bertz CT molecular complexity index is 278. The van der Waals surface area contributed by atoms with Crippen molar-refractivity contribution in [3.8, 4) is 0 Å². The molecule has 2 nitrogen and oxygen atoms in total. The van der Waals surface area contributed by atoms with Crippen LogP contribution in [-0.2, 0) is 4.79 Å². The van der Waals surface area contributed by atoms with Gasteiger partial charge < -0.3 is 9.90 Å². The summed E-state index contributed by atoms with van der Waals surface area (Å²) in [6.45, 7) is 0. The first-order valence-corrected chi connectivity index (χ1v) is 3.14. The zero-order valence-corrected chi connectivity index (χ0v) is 6.62. The number of halogens is 7. The lowest BCUT2D eigenvalue weighted by molar-refractivity contribution is -0.342. The number of carboxylic acids is 1. The average molecular weight is 239 g/mol. The summed E-state index contributed by atoms with van der Waals surface area (Å²) in [5.41, 5.74) is 0. The fourth-order valence-electron chi connectivity index (χ4n) is 0.466. The second-order valence-electron chi connectivity index (χ2n) is 2.35. The van der Waals surface area contributed by atoms with Crippen molar-refractivity contribution in [3.05, 3.63) is 12.2 Å². The first-order chi connectivity index (χ1) is 6.42. The molecule has 88 valence electrons. The monoisotopic (exact) mass is 239 g/mol. The van der Waals surface area contributed by atoms with Gasteiger partial charge in [0.25, 0.3) is 0 Å². The van der Waals surface area contributed by atoms with Crippen molar-refractivity contribution < 1.29 is 40.6 Å². The van der Waals surface area contributed by atoms with Gasteiger partial charge in [0, 0.05) is 0 Å². The minimum absolute atomic E-state index is 0.598. The molecule has 0 unspecified atom stereocenters. The summed E-state index contributed by atoms with van der Waals surface area (Å²) >= 11 is 0. The van der Waals surface area contributed by atoms with Crippen LogP contribution in [0.25, 0.3) is 0 Å². The molecule has 9 heteroatoms. The quantitative estimate of drug-likeness (QED) is 0.547. The van der Waals surface area contributed by atoms with Crippen LogP contribution >= 0.6 is 0 Å². The minimum Gasteiger partial charge on any atom is -0.545 e. The van der Waals surface area contributed by atoms with E-state index in [-0.39, 0.29) is 0 Å². The lowest BCUT2D eigenvalue weighted by Crippen LogP contribution is -2.50. The molecule has 0 atom stereocenters. The summed E-state index contributed by atoms with van der Waals surface area (Å²) in [6.07, 6.45) is -8.15. The molecule has 0 aliphatic rings. The molecule has 15 heavy (non-hydrogen) atoms. The van der Waals surface area contributed by atoms with E-state index in [0.29, 0.717) is 0 Å². The third-order valence-corrected chi connectivity index (χ3v) is 1.20. The van der Waals surface area contributed by atoms with Gasteiger partial charge in [0.15, 0.2) is 0 Å². The second-order valence-corrected chi connectivity index (χ2v) is 2.35. The normalized spacial score (nSPS) is 14.6. The molecule has 0 bridgehead atoms. The SMILES string of the molecule is O=C([O-])/C=C/C(F)(F)C(F)(F)C(F)(F)F. The highest BCUT2D eigenvalue weighted by Gasteiger charge is 2.71. The van der Waals surface area contributed by atoms with Gasteiger partial charge in [-0.25, -0.2) is 0 Å². The first-order valence-electron chi connectivity index (χ1n) is 3.14. The summed E-state index contributed by atoms with van der Waals surface area (Å²) < 4.78 is 82.7. The van der Waals surface area contributed by atoms with Crippen LogP contribution in [0.15, 0.2) is 12.2 Å². The molecule has 0 heterocycles. The van der Waals surface area contributed by atoms with Crippen LogP contribution < -0.4 is 5.11 Å².